The van der Waals surface area contributed by atoms with Crippen molar-refractivity contribution < 1.29 is 4.74 Å². The zero-order valence-electron chi connectivity index (χ0n) is 8.79. The Labute approximate surface area is 80.4 Å². The number of ether oxygens (including phenoxy) is 1. The Balaban J connectivity index is 2.24. The monoisotopic (exact) mass is 184 g/mol. The fourth-order valence-corrected chi connectivity index (χ4v) is 1.37. The average molecular weight is 184 g/mol. The molecule has 0 aromatic heterocycles. The van der Waals surface area contributed by atoms with Crippen LogP contribution in [0.15, 0.2) is 4.99 Å². The number of hydrogen-bond acceptors (Lipinski definition) is 2. The highest BCUT2D eigenvalue weighted by molar-refractivity contribution is 5.82. The van der Waals surface area contributed by atoms with E-state index in [1.54, 1.807) is 0 Å². The molecule has 1 saturated carbocycles. The van der Waals surface area contributed by atoms with Crippen LogP contribution in [0.1, 0.15) is 33.6 Å². The van der Waals surface area contributed by atoms with E-state index in [9.17, 15) is 0 Å². The molecule has 0 saturated heterocycles. The Kier molecular flexibility index (Phi) is 3.72. The van der Waals surface area contributed by atoms with Crippen LogP contribution in [0.3, 0.4) is 0 Å². The molecular weight excluding hydrogens is 164 g/mol. The first-order valence-corrected chi connectivity index (χ1v) is 5.08. The second kappa shape index (κ2) is 4.61. The average Bonchev–Trinajstić information content (AvgIpc) is 2.00. The van der Waals surface area contributed by atoms with Gasteiger partial charge in [-0.15, -0.1) is 0 Å². The highest BCUT2D eigenvalue weighted by Crippen LogP contribution is 2.26. The van der Waals surface area contributed by atoms with Gasteiger partial charge in [-0.2, -0.15) is 0 Å². The summed E-state index contributed by atoms with van der Waals surface area (Å²) in [6.45, 7) is 6.97. The second-order valence-electron chi connectivity index (χ2n) is 3.91. The molecule has 0 aliphatic heterocycles. The van der Waals surface area contributed by atoms with Crippen LogP contribution in [0, 0.1) is 5.92 Å². The first-order chi connectivity index (χ1) is 6.13. The van der Waals surface area contributed by atoms with Crippen LogP contribution in [-0.2, 0) is 4.74 Å². The van der Waals surface area contributed by atoms with Gasteiger partial charge < -0.3 is 10.5 Å². The second-order valence-corrected chi connectivity index (χ2v) is 3.91. The SMILES string of the molecule is CCOC1CC(N=C(N)C(C)C)C1. The van der Waals surface area contributed by atoms with Crippen molar-refractivity contribution in [3.05, 3.63) is 0 Å². The topological polar surface area (TPSA) is 47.6 Å². The van der Waals surface area contributed by atoms with Gasteiger partial charge in [-0.25, -0.2) is 0 Å². The third kappa shape index (κ3) is 2.99. The molecule has 0 amide bonds. The van der Waals surface area contributed by atoms with Crippen LogP contribution in [0.25, 0.3) is 0 Å². The highest BCUT2D eigenvalue weighted by atomic mass is 16.5. The molecule has 76 valence electrons. The third-order valence-corrected chi connectivity index (χ3v) is 2.40. The molecule has 0 spiro atoms. The molecule has 1 aliphatic carbocycles. The Morgan fingerprint density at radius 1 is 1.54 bits per heavy atom. The van der Waals surface area contributed by atoms with Crippen molar-refractivity contribution in [2.45, 2.75) is 45.8 Å². The maximum absolute atomic E-state index is 5.76. The Bertz CT molecular complexity index is 183. The standard InChI is InChI=1S/C10H20N2O/c1-4-13-9-5-8(6-9)12-10(11)7(2)3/h7-9H,4-6H2,1-3H3,(H2,11,12). The largest absolute Gasteiger partial charge is 0.387 e. The minimum absolute atomic E-state index is 0.367. The number of nitrogens with two attached hydrogens (primary N) is 1. The molecule has 3 nitrogen and oxygen atoms in total. The lowest BCUT2D eigenvalue weighted by Gasteiger charge is -2.32. The van der Waals surface area contributed by atoms with Crippen LogP contribution in [-0.4, -0.2) is 24.6 Å². The van der Waals surface area contributed by atoms with Gasteiger partial charge in [0.25, 0.3) is 0 Å². The molecule has 1 aliphatic rings. The lowest BCUT2D eigenvalue weighted by Crippen LogP contribution is -2.36. The number of amidine groups is 1. The summed E-state index contributed by atoms with van der Waals surface area (Å²) in [5.41, 5.74) is 5.76. The van der Waals surface area contributed by atoms with Crippen molar-refractivity contribution in [2.24, 2.45) is 16.6 Å². The molecule has 1 rings (SSSR count). The van der Waals surface area contributed by atoms with Crippen molar-refractivity contribution in [3.63, 3.8) is 0 Å². The lowest BCUT2D eigenvalue weighted by atomic mass is 9.89. The van der Waals surface area contributed by atoms with Crippen LogP contribution < -0.4 is 5.73 Å². The van der Waals surface area contributed by atoms with E-state index in [1.165, 1.54) is 0 Å². The van der Waals surface area contributed by atoms with Gasteiger partial charge >= 0.3 is 0 Å². The molecule has 0 unspecified atom stereocenters. The summed E-state index contributed by atoms with van der Waals surface area (Å²) in [7, 11) is 0. The summed E-state index contributed by atoms with van der Waals surface area (Å²) in [5.74, 6) is 1.14. The van der Waals surface area contributed by atoms with Gasteiger partial charge in [0.1, 0.15) is 0 Å². The molecule has 3 heteroatoms. The molecule has 0 atom stereocenters. The van der Waals surface area contributed by atoms with E-state index in [-0.39, 0.29) is 0 Å². The molecule has 0 aromatic carbocycles. The predicted molar refractivity (Wildman–Crippen MR) is 54.9 cm³/mol. The van der Waals surface area contributed by atoms with Crippen molar-refractivity contribution in [1.82, 2.24) is 0 Å². The zero-order chi connectivity index (χ0) is 9.84. The Morgan fingerprint density at radius 2 is 2.15 bits per heavy atom. The minimum Gasteiger partial charge on any atom is -0.387 e. The fourth-order valence-electron chi connectivity index (χ4n) is 1.37. The smallest absolute Gasteiger partial charge is 0.0966 e. The van der Waals surface area contributed by atoms with Gasteiger partial charge in [-0.05, 0) is 19.8 Å². The fraction of sp³-hybridized carbons (Fsp3) is 0.900. The van der Waals surface area contributed by atoms with Gasteiger partial charge in [0.05, 0.1) is 18.0 Å². The maximum Gasteiger partial charge on any atom is 0.0966 e. The molecule has 1 fully saturated rings. The Hall–Kier alpha value is -0.570. The number of nitrogens with zero attached hydrogens (tertiary/aromatic N) is 1. The van der Waals surface area contributed by atoms with Crippen LogP contribution in [0.2, 0.25) is 0 Å². The maximum atomic E-state index is 5.76. The number of hydrogen-bond donors (Lipinski definition) is 1. The normalized spacial score (nSPS) is 29.1. The lowest BCUT2D eigenvalue weighted by molar-refractivity contribution is -0.000785. The summed E-state index contributed by atoms with van der Waals surface area (Å²) < 4.78 is 5.44. The predicted octanol–water partition coefficient (Wildman–Crippen LogP) is 1.57. The Morgan fingerprint density at radius 3 is 2.62 bits per heavy atom. The third-order valence-electron chi connectivity index (χ3n) is 2.40. The molecular formula is C10H20N2O. The molecule has 0 radical (unpaired) electrons. The quantitative estimate of drug-likeness (QED) is 0.532. The molecule has 2 N–H and O–H groups in total. The first kappa shape index (κ1) is 10.5. The highest BCUT2D eigenvalue weighted by Gasteiger charge is 2.29. The van der Waals surface area contributed by atoms with Crippen LogP contribution in [0.5, 0.6) is 0 Å². The van der Waals surface area contributed by atoms with Crippen LogP contribution in [0.4, 0.5) is 0 Å². The van der Waals surface area contributed by atoms with E-state index in [0.29, 0.717) is 18.1 Å². The molecule has 0 heterocycles. The van der Waals surface area contributed by atoms with Crippen molar-refractivity contribution in [3.8, 4) is 0 Å². The van der Waals surface area contributed by atoms with E-state index in [0.717, 1.165) is 25.3 Å². The molecule has 0 aromatic rings. The van der Waals surface area contributed by atoms with Gasteiger partial charge in [-0.1, -0.05) is 13.8 Å². The molecule has 0 bridgehead atoms. The van der Waals surface area contributed by atoms with Gasteiger partial charge in [-0.3, -0.25) is 4.99 Å². The zero-order valence-corrected chi connectivity index (χ0v) is 8.79. The summed E-state index contributed by atoms with van der Waals surface area (Å²) in [6, 6.07) is 0.416. The number of aliphatic imine (C=N–C) groups is 1. The first-order valence-electron chi connectivity index (χ1n) is 5.08. The number of rotatable bonds is 4. The van der Waals surface area contributed by atoms with E-state index in [1.807, 2.05) is 6.92 Å². The summed E-state index contributed by atoms with van der Waals surface area (Å²) in [5, 5.41) is 0. The summed E-state index contributed by atoms with van der Waals surface area (Å²) >= 11 is 0. The van der Waals surface area contributed by atoms with Crippen molar-refractivity contribution in [2.75, 3.05) is 6.61 Å². The van der Waals surface area contributed by atoms with Crippen molar-refractivity contribution in [1.29, 1.82) is 0 Å². The van der Waals surface area contributed by atoms with Crippen LogP contribution >= 0.6 is 0 Å². The van der Waals surface area contributed by atoms with E-state index in [4.69, 9.17) is 10.5 Å². The van der Waals surface area contributed by atoms with Gasteiger partial charge in [0.2, 0.25) is 0 Å². The van der Waals surface area contributed by atoms with Gasteiger partial charge in [0.15, 0.2) is 0 Å². The summed E-state index contributed by atoms with van der Waals surface area (Å²) in [6.07, 6.45) is 2.52. The molecule has 13 heavy (non-hydrogen) atoms. The van der Waals surface area contributed by atoms with Crippen molar-refractivity contribution >= 4 is 5.84 Å². The summed E-state index contributed by atoms with van der Waals surface area (Å²) in [4.78, 5) is 4.43. The van der Waals surface area contributed by atoms with E-state index in [2.05, 4.69) is 18.8 Å². The van der Waals surface area contributed by atoms with Gasteiger partial charge in [0, 0.05) is 12.5 Å². The van der Waals surface area contributed by atoms with E-state index >= 15 is 0 Å². The minimum atomic E-state index is 0.367. The van der Waals surface area contributed by atoms with E-state index < -0.39 is 0 Å².